The average molecular weight is 305 g/mol. The zero-order chi connectivity index (χ0) is 15.9. The topological polar surface area (TPSA) is 30.5 Å². The third-order valence-electron chi connectivity index (χ3n) is 3.64. The number of ether oxygens (including phenoxy) is 2. The molecule has 0 atom stereocenters. The second-order valence-electron chi connectivity index (χ2n) is 7.25. The van der Waals surface area contributed by atoms with Crippen LogP contribution in [0.4, 0.5) is 0 Å². The van der Waals surface area contributed by atoms with E-state index in [0.717, 1.165) is 43.7 Å². The minimum absolute atomic E-state index is 0.521. The van der Waals surface area contributed by atoms with E-state index >= 15 is 0 Å². The molecule has 0 saturated heterocycles. The summed E-state index contributed by atoms with van der Waals surface area (Å²) < 4.78 is 11.8. The Balaban J connectivity index is 1.97. The highest BCUT2D eigenvalue weighted by molar-refractivity contribution is 5.40. The van der Waals surface area contributed by atoms with E-state index in [1.807, 2.05) is 6.07 Å². The van der Waals surface area contributed by atoms with Gasteiger partial charge in [0.2, 0.25) is 0 Å². The lowest BCUT2D eigenvalue weighted by molar-refractivity contribution is 0.256. The molecule has 0 bridgehead atoms. The molecule has 0 amide bonds. The van der Waals surface area contributed by atoms with Gasteiger partial charge in [-0.3, -0.25) is 0 Å². The van der Waals surface area contributed by atoms with Crippen LogP contribution in [0.5, 0.6) is 11.5 Å². The Hall–Kier alpha value is -1.22. The highest BCUT2D eigenvalue weighted by Crippen LogP contribution is 2.29. The molecule has 1 N–H and O–H groups in total. The van der Waals surface area contributed by atoms with Crippen LogP contribution >= 0.6 is 0 Å². The molecule has 1 aliphatic carbocycles. The zero-order valence-electron chi connectivity index (χ0n) is 14.5. The van der Waals surface area contributed by atoms with Crippen LogP contribution in [0, 0.1) is 17.8 Å². The molecule has 0 aliphatic heterocycles. The average Bonchev–Trinajstić information content (AvgIpc) is 3.28. The van der Waals surface area contributed by atoms with Crippen LogP contribution in [0.1, 0.15) is 46.1 Å². The van der Waals surface area contributed by atoms with Crippen LogP contribution in [0.25, 0.3) is 0 Å². The van der Waals surface area contributed by atoms with Crippen molar-refractivity contribution in [1.29, 1.82) is 0 Å². The van der Waals surface area contributed by atoms with Gasteiger partial charge in [0.05, 0.1) is 13.2 Å². The fraction of sp³-hybridized carbons (Fsp3) is 0.684. The third-order valence-corrected chi connectivity index (χ3v) is 3.64. The van der Waals surface area contributed by atoms with Crippen molar-refractivity contribution in [3.8, 4) is 11.5 Å². The molecule has 1 saturated carbocycles. The number of nitrogens with one attached hydrogen (secondary N) is 1. The summed E-state index contributed by atoms with van der Waals surface area (Å²) in [4.78, 5) is 0. The minimum Gasteiger partial charge on any atom is -0.493 e. The van der Waals surface area contributed by atoms with Crippen LogP contribution in [0.2, 0.25) is 0 Å². The van der Waals surface area contributed by atoms with Gasteiger partial charge in [-0.15, -0.1) is 0 Å². The van der Waals surface area contributed by atoms with Crippen molar-refractivity contribution in [2.75, 3.05) is 19.8 Å². The summed E-state index contributed by atoms with van der Waals surface area (Å²) in [6.07, 6.45) is 2.76. The van der Waals surface area contributed by atoms with Gasteiger partial charge >= 0.3 is 0 Å². The van der Waals surface area contributed by atoms with Gasteiger partial charge in [0.15, 0.2) is 0 Å². The summed E-state index contributed by atoms with van der Waals surface area (Å²) in [5.41, 5.74) is 1.22. The number of benzene rings is 1. The van der Waals surface area contributed by atoms with Gasteiger partial charge in [-0.1, -0.05) is 33.8 Å². The molecule has 0 spiro atoms. The molecule has 0 heterocycles. The summed E-state index contributed by atoms with van der Waals surface area (Å²) in [6.45, 7) is 12.1. The summed E-state index contributed by atoms with van der Waals surface area (Å²) in [5.74, 6) is 3.80. The first-order valence-electron chi connectivity index (χ1n) is 8.63. The van der Waals surface area contributed by atoms with E-state index < -0.39 is 0 Å². The molecule has 0 unspecified atom stereocenters. The molecule has 2 rings (SSSR count). The zero-order valence-corrected chi connectivity index (χ0v) is 14.5. The van der Waals surface area contributed by atoms with Gasteiger partial charge in [-0.25, -0.2) is 0 Å². The Kier molecular flexibility index (Phi) is 6.56. The minimum atomic E-state index is 0.521. The standard InChI is InChI=1S/C19H31NO2/c1-14(2)12-21-18-8-7-17(11-20-10-16-5-6-16)19(9-18)22-13-15(3)4/h7-9,14-16,20H,5-6,10-13H2,1-4H3. The Morgan fingerprint density at radius 3 is 2.36 bits per heavy atom. The number of hydrogen-bond donors (Lipinski definition) is 1. The molecular formula is C19H31NO2. The fourth-order valence-corrected chi connectivity index (χ4v) is 2.16. The Morgan fingerprint density at radius 1 is 1.05 bits per heavy atom. The first-order valence-corrected chi connectivity index (χ1v) is 8.63. The lowest BCUT2D eigenvalue weighted by Gasteiger charge is -2.16. The molecule has 1 aromatic rings. The highest BCUT2D eigenvalue weighted by atomic mass is 16.5. The molecule has 22 heavy (non-hydrogen) atoms. The van der Waals surface area contributed by atoms with E-state index in [0.29, 0.717) is 11.8 Å². The summed E-state index contributed by atoms with van der Waals surface area (Å²) in [7, 11) is 0. The lowest BCUT2D eigenvalue weighted by Crippen LogP contribution is -2.17. The second kappa shape index (κ2) is 8.42. The maximum absolute atomic E-state index is 6.00. The van der Waals surface area contributed by atoms with Gasteiger partial charge in [0.25, 0.3) is 0 Å². The van der Waals surface area contributed by atoms with Crippen molar-refractivity contribution in [3.05, 3.63) is 23.8 Å². The molecule has 1 aliphatic rings. The van der Waals surface area contributed by atoms with Crippen molar-refractivity contribution in [2.45, 2.75) is 47.1 Å². The SMILES string of the molecule is CC(C)COc1ccc(CNCC2CC2)c(OCC(C)C)c1. The largest absolute Gasteiger partial charge is 0.493 e. The van der Waals surface area contributed by atoms with Gasteiger partial charge in [0.1, 0.15) is 11.5 Å². The summed E-state index contributed by atoms with van der Waals surface area (Å²) in [5, 5.41) is 3.54. The van der Waals surface area contributed by atoms with Crippen molar-refractivity contribution < 1.29 is 9.47 Å². The predicted molar refractivity (Wildman–Crippen MR) is 91.5 cm³/mol. The van der Waals surface area contributed by atoms with E-state index in [9.17, 15) is 0 Å². The van der Waals surface area contributed by atoms with Crippen LogP contribution in [0.15, 0.2) is 18.2 Å². The highest BCUT2D eigenvalue weighted by Gasteiger charge is 2.20. The van der Waals surface area contributed by atoms with E-state index in [2.05, 4.69) is 45.1 Å². The molecule has 3 nitrogen and oxygen atoms in total. The van der Waals surface area contributed by atoms with E-state index in [1.54, 1.807) is 0 Å². The summed E-state index contributed by atoms with van der Waals surface area (Å²) in [6, 6.07) is 6.23. The fourth-order valence-electron chi connectivity index (χ4n) is 2.16. The van der Waals surface area contributed by atoms with E-state index in [-0.39, 0.29) is 0 Å². The van der Waals surface area contributed by atoms with Crippen LogP contribution in [0.3, 0.4) is 0 Å². The quantitative estimate of drug-likeness (QED) is 0.701. The van der Waals surface area contributed by atoms with Crippen molar-refractivity contribution in [3.63, 3.8) is 0 Å². The van der Waals surface area contributed by atoms with Crippen molar-refractivity contribution in [2.24, 2.45) is 17.8 Å². The normalized spacial score (nSPS) is 14.6. The first kappa shape index (κ1) is 17.1. The second-order valence-corrected chi connectivity index (χ2v) is 7.25. The number of hydrogen-bond acceptors (Lipinski definition) is 3. The Morgan fingerprint density at radius 2 is 1.73 bits per heavy atom. The van der Waals surface area contributed by atoms with E-state index in [1.165, 1.54) is 18.4 Å². The van der Waals surface area contributed by atoms with Gasteiger partial charge in [-0.05, 0) is 43.2 Å². The van der Waals surface area contributed by atoms with Crippen molar-refractivity contribution >= 4 is 0 Å². The predicted octanol–water partition coefficient (Wildman–Crippen LogP) is 4.26. The maximum Gasteiger partial charge on any atom is 0.127 e. The third kappa shape index (κ3) is 6.27. The first-order chi connectivity index (χ1) is 10.5. The maximum atomic E-state index is 6.00. The van der Waals surface area contributed by atoms with Gasteiger partial charge < -0.3 is 14.8 Å². The molecule has 0 radical (unpaired) electrons. The van der Waals surface area contributed by atoms with Gasteiger partial charge in [-0.2, -0.15) is 0 Å². The molecule has 3 heteroatoms. The smallest absolute Gasteiger partial charge is 0.127 e. The van der Waals surface area contributed by atoms with Crippen LogP contribution < -0.4 is 14.8 Å². The van der Waals surface area contributed by atoms with Gasteiger partial charge in [0, 0.05) is 18.2 Å². The Bertz CT molecular complexity index is 453. The Labute approximate surface area is 135 Å². The van der Waals surface area contributed by atoms with Crippen LogP contribution in [-0.4, -0.2) is 19.8 Å². The summed E-state index contributed by atoms with van der Waals surface area (Å²) >= 11 is 0. The monoisotopic (exact) mass is 305 g/mol. The molecule has 1 fully saturated rings. The lowest BCUT2D eigenvalue weighted by atomic mass is 10.1. The van der Waals surface area contributed by atoms with Crippen molar-refractivity contribution in [1.82, 2.24) is 5.32 Å². The van der Waals surface area contributed by atoms with Crippen LogP contribution in [-0.2, 0) is 6.54 Å². The molecule has 0 aromatic heterocycles. The molecule has 124 valence electrons. The molecule has 1 aromatic carbocycles. The molecular weight excluding hydrogens is 274 g/mol. The number of rotatable bonds is 10. The van der Waals surface area contributed by atoms with E-state index in [4.69, 9.17) is 9.47 Å².